The Morgan fingerprint density at radius 1 is 1.25 bits per heavy atom. The molecular formula is C12H14N4. The number of hydrogen-bond donors (Lipinski definition) is 1. The van der Waals surface area contributed by atoms with Gasteiger partial charge in [0, 0.05) is 0 Å². The summed E-state index contributed by atoms with van der Waals surface area (Å²) in [5.41, 5.74) is 1.05. The molecule has 0 spiro atoms. The molecule has 1 aromatic carbocycles. The van der Waals surface area contributed by atoms with Crippen LogP contribution in [0.25, 0.3) is 5.69 Å². The van der Waals surface area contributed by atoms with Crippen molar-refractivity contribution < 1.29 is 0 Å². The molecule has 0 aliphatic carbocycles. The number of hydrogen-bond acceptors (Lipinski definition) is 3. The van der Waals surface area contributed by atoms with Crippen molar-refractivity contribution in [3.8, 4) is 5.69 Å². The third kappa shape index (κ3) is 1.72. The lowest BCUT2D eigenvalue weighted by atomic mass is 10.2. The van der Waals surface area contributed by atoms with E-state index in [9.17, 15) is 0 Å². The average molecular weight is 214 g/mol. The van der Waals surface area contributed by atoms with E-state index < -0.39 is 0 Å². The zero-order valence-corrected chi connectivity index (χ0v) is 9.00. The maximum atomic E-state index is 4.51. The van der Waals surface area contributed by atoms with Crippen molar-refractivity contribution >= 4 is 0 Å². The highest BCUT2D eigenvalue weighted by molar-refractivity contribution is 5.29. The van der Waals surface area contributed by atoms with Crippen LogP contribution in [-0.4, -0.2) is 21.3 Å². The minimum absolute atomic E-state index is 0.338. The van der Waals surface area contributed by atoms with Crippen molar-refractivity contribution in [3.05, 3.63) is 42.5 Å². The predicted octanol–water partition coefficient (Wildman–Crippen LogP) is 1.69. The molecule has 16 heavy (non-hydrogen) atoms. The van der Waals surface area contributed by atoms with E-state index in [0.717, 1.165) is 24.5 Å². The van der Waals surface area contributed by atoms with Gasteiger partial charge in [0.05, 0.1) is 11.7 Å². The Bertz CT molecular complexity index is 457. The topological polar surface area (TPSA) is 42.7 Å². The van der Waals surface area contributed by atoms with Gasteiger partial charge in [-0.2, -0.15) is 0 Å². The monoisotopic (exact) mass is 214 g/mol. The van der Waals surface area contributed by atoms with Crippen LogP contribution < -0.4 is 5.32 Å². The van der Waals surface area contributed by atoms with Gasteiger partial charge in [0.1, 0.15) is 6.33 Å². The third-order valence-electron chi connectivity index (χ3n) is 2.90. The highest BCUT2D eigenvalue weighted by Gasteiger charge is 2.19. The molecule has 82 valence electrons. The zero-order valence-electron chi connectivity index (χ0n) is 9.00. The quantitative estimate of drug-likeness (QED) is 0.827. The summed E-state index contributed by atoms with van der Waals surface area (Å²) in [6.07, 6.45) is 4.13. The highest BCUT2D eigenvalue weighted by Crippen LogP contribution is 2.19. The van der Waals surface area contributed by atoms with E-state index in [1.165, 1.54) is 6.42 Å². The molecule has 1 atom stereocenters. The first-order valence-electron chi connectivity index (χ1n) is 5.64. The van der Waals surface area contributed by atoms with E-state index in [1.54, 1.807) is 6.33 Å². The van der Waals surface area contributed by atoms with Crippen molar-refractivity contribution in [3.63, 3.8) is 0 Å². The highest BCUT2D eigenvalue weighted by atomic mass is 15.3. The summed E-state index contributed by atoms with van der Waals surface area (Å²) in [5.74, 6) is 0.904. The molecule has 0 radical (unpaired) electrons. The van der Waals surface area contributed by atoms with Crippen LogP contribution in [0.1, 0.15) is 24.7 Å². The second kappa shape index (κ2) is 4.06. The average Bonchev–Trinajstić information content (AvgIpc) is 3.01. The Morgan fingerprint density at radius 2 is 2.12 bits per heavy atom. The zero-order chi connectivity index (χ0) is 10.8. The van der Waals surface area contributed by atoms with Crippen LogP contribution in [-0.2, 0) is 0 Å². The first-order valence-corrected chi connectivity index (χ1v) is 5.64. The lowest BCUT2D eigenvalue weighted by Gasteiger charge is -2.03. The van der Waals surface area contributed by atoms with Gasteiger partial charge in [-0.3, -0.25) is 0 Å². The molecule has 1 aromatic heterocycles. The maximum Gasteiger partial charge on any atom is 0.167 e. The minimum atomic E-state index is 0.338. The van der Waals surface area contributed by atoms with Crippen molar-refractivity contribution in [2.75, 3.05) is 6.54 Å². The first-order chi connectivity index (χ1) is 7.93. The summed E-state index contributed by atoms with van der Waals surface area (Å²) in [6.45, 7) is 1.07. The largest absolute Gasteiger partial charge is 0.307 e. The Morgan fingerprint density at radius 3 is 2.88 bits per heavy atom. The van der Waals surface area contributed by atoms with Crippen LogP contribution in [0.3, 0.4) is 0 Å². The summed E-state index contributed by atoms with van der Waals surface area (Å²) in [5, 5.41) is 7.90. The second-order valence-corrected chi connectivity index (χ2v) is 4.03. The normalized spacial score (nSPS) is 20.1. The molecule has 3 rings (SSSR count). The van der Waals surface area contributed by atoms with E-state index in [2.05, 4.69) is 15.4 Å². The van der Waals surface area contributed by atoms with Crippen molar-refractivity contribution in [2.45, 2.75) is 18.9 Å². The number of aromatic nitrogens is 3. The predicted molar refractivity (Wildman–Crippen MR) is 61.3 cm³/mol. The molecule has 1 N–H and O–H groups in total. The van der Waals surface area contributed by atoms with E-state index >= 15 is 0 Å². The van der Waals surface area contributed by atoms with Gasteiger partial charge >= 0.3 is 0 Å². The Kier molecular flexibility index (Phi) is 2.42. The molecule has 1 fully saturated rings. The summed E-state index contributed by atoms with van der Waals surface area (Å²) in [6, 6.07) is 10.4. The molecule has 0 bridgehead atoms. The van der Waals surface area contributed by atoms with Crippen LogP contribution in [0.15, 0.2) is 36.7 Å². The molecule has 4 heteroatoms. The lowest BCUT2D eigenvalue weighted by Crippen LogP contribution is -2.14. The number of para-hydroxylation sites is 1. The molecule has 2 heterocycles. The van der Waals surface area contributed by atoms with Gasteiger partial charge in [-0.25, -0.2) is 9.67 Å². The molecule has 1 aliphatic heterocycles. The Labute approximate surface area is 94.3 Å². The Hall–Kier alpha value is -1.68. The SMILES string of the molecule is c1ccc(-n2cnc(C3CCCN3)n2)cc1. The molecule has 0 amide bonds. The van der Waals surface area contributed by atoms with Gasteiger partial charge in [0.25, 0.3) is 0 Å². The standard InChI is InChI=1S/C12H14N4/c1-2-5-10(6-3-1)16-9-14-12(15-16)11-7-4-8-13-11/h1-3,5-6,9,11,13H,4,7-8H2. The van der Waals surface area contributed by atoms with E-state index in [1.807, 2.05) is 35.0 Å². The van der Waals surface area contributed by atoms with Crippen molar-refractivity contribution in [1.82, 2.24) is 20.1 Å². The van der Waals surface area contributed by atoms with Crippen molar-refractivity contribution in [2.24, 2.45) is 0 Å². The lowest BCUT2D eigenvalue weighted by molar-refractivity contribution is 0.602. The van der Waals surface area contributed by atoms with Gasteiger partial charge in [0.2, 0.25) is 0 Å². The molecular weight excluding hydrogens is 200 g/mol. The molecule has 2 aromatic rings. The smallest absolute Gasteiger partial charge is 0.167 e. The summed E-state index contributed by atoms with van der Waals surface area (Å²) >= 11 is 0. The summed E-state index contributed by atoms with van der Waals surface area (Å²) < 4.78 is 1.83. The van der Waals surface area contributed by atoms with E-state index in [0.29, 0.717) is 6.04 Å². The first kappa shape index (κ1) is 9.54. The van der Waals surface area contributed by atoms with Crippen LogP contribution in [0.2, 0.25) is 0 Å². The number of benzene rings is 1. The fourth-order valence-corrected chi connectivity index (χ4v) is 2.05. The maximum absolute atomic E-state index is 4.51. The molecule has 0 saturated carbocycles. The minimum Gasteiger partial charge on any atom is -0.307 e. The fraction of sp³-hybridized carbons (Fsp3) is 0.333. The molecule has 1 saturated heterocycles. The summed E-state index contributed by atoms with van der Waals surface area (Å²) in [4.78, 5) is 4.36. The summed E-state index contributed by atoms with van der Waals surface area (Å²) in [7, 11) is 0. The number of rotatable bonds is 2. The van der Waals surface area contributed by atoms with Crippen LogP contribution in [0.4, 0.5) is 0 Å². The van der Waals surface area contributed by atoms with E-state index in [-0.39, 0.29) is 0 Å². The van der Waals surface area contributed by atoms with Gasteiger partial charge in [0.15, 0.2) is 5.82 Å². The fourth-order valence-electron chi connectivity index (χ4n) is 2.05. The van der Waals surface area contributed by atoms with Crippen molar-refractivity contribution in [1.29, 1.82) is 0 Å². The number of nitrogens with one attached hydrogen (secondary N) is 1. The van der Waals surface area contributed by atoms with Crippen LogP contribution in [0.5, 0.6) is 0 Å². The van der Waals surface area contributed by atoms with Crippen LogP contribution >= 0.6 is 0 Å². The van der Waals surface area contributed by atoms with Gasteiger partial charge < -0.3 is 5.32 Å². The molecule has 1 unspecified atom stereocenters. The van der Waals surface area contributed by atoms with Gasteiger partial charge in [-0.05, 0) is 31.5 Å². The molecule has 1 aliphatic rings. The van der Waals surface area contributed by atoms with Crippen LogP contribution in [0, 0.1) is 0 Å². The van der Waals surface area contributed by atoms with Gasteiger partial charge in [-0.15, -0.1) is 5.10 Å². The third-order valence-corrected chi connectivity index (χ3v) is 2.90. The molecule has 4 nitrogen and oxygen atoms in total. The Balaban J connectivity index is 1.87. The van der Waals surface area contributed by atoms with E-state index in [4.69, 9.17) is 0 Å². The second-order valence-electron chi connectivity index (χ2n) is 4.03. The number of nitrogens with zero attached hydrogens (tertiary/aromatic N) is 3. The van der Waals surface area contributed by atoms with Gasteiger partial charge in [-0.1, -0.05) is 18.2 Å².